The zero-order valence-electron chi connectivity index (χ0n) is 16.6. The van der Waals surface area contributed by atoms with E-state index >= 15 is 0 Å². The topological polar surface area (TPSA) is 76.5 Å². The molecule has 7 heteroatoms. The number of hydrogen-bond donors (Lipinski definition) is 1. The van der Waals surface area contributed by atoms with Gasteiger partial charge in [0.2, 0.25) is 0 Å². The molecule has 31 heavy (non-hydrogen) atoms. The van der Waals surface area contributed by atoms with E-state index in [0.717, 1.165) is 27.7 Å². The van der Waals surface area contributed by atoms with Gasteiger partial charge in [-0.25, -0.2) is 0 Å². The van der Waals surface area contributed by atoms with Crippen LogP contribution in [0.3, 0.4) is 0 Å². The number of carbonyl (C=O) groups excluding carboxylic acids is 1. The maximum Gasteiger partial charge on any atom is 0.196 e. The molecule has 0 saturated carbocycles. The van der Waals surface area contributed by atoms with Gasteiger partial charge in [0.1, 0.15) is 5.78 Å². The molecule has 5 aromatic rings. The van der Waals surface area contributed by atoms with Crippen LogP contribution >= 0.6 is 11.8 Å². The quantitative estimate of drug-likeness (QED) is 0.382. The molecule has 6 nitrogen and oxygen atoms in total. The molecule has 0 radical (unpaired) electrons. The summed E-state index contributed by atoms with van der Waals surface area (Å²) in [5.41, 5.74) is 3.87. The van der Waals surface area contributed by atoms with Crippen molar-refractivity contribution in [1.29, 1.82) is 0 Å². The van der Waals surface area contributed by atoms with Gasteiger partial charge in [-0.3, -0.25) is 14.3 Å². The Bertz CT molecular complexity index is 1330. The summed E-state index contributed by atoms with van der Waals surface area (Å²) < 4.78 is 1.97. The Labute approximate surface area is 183 Å². The molecule has 0 saturated heterocycles. The maximum atomic E-state index is 12.7. The van der Waals surface area contributed by atoms with E-state index in [2.05, 4.69) is 20.2 Å². The van der Waals surface area contributed by atoms with Crippen LogP contribution in [0.5, 0.6) is 0 Å². The number of Topliss-reactive ketones (excluding diaryl/α,β-unsaturated/α-hetero) is 1. The number of nitrogens with one attached hydrogen (secondary N) is 1. The molecule has 0 bridgehead atoms. The molecule has 152 valence electrons. The van der Waals surface area contributed by atoms with Crippen molar-refractivity contribution in [2.75, 3.05) is 5.75 Å². The molecule has 1 N–H and O–H groups in total. The first-order valence-electron chi connectivity index (χ1n) is 9.90. The zero-order chi connectivity index (χ0) is 21.0. The minimum absolute atomic E-state index is 0.139. The van der Waals surface area contributed by atoms with E-state index in [0.29, 0.717) is 23.2 Å². The van der Waals surface area contributed by atoms with Crippen LogP contribution in [-0.4, -0.2) is 36.3 Å². The van der Waals surface area contributed by atoms with Crippen LogP contribution in [0.25, 0.3) is 28.0 Å². The molecule has 3 heterocycles. The van der Waals surface area contributed by atoms with Crippen LogP contribution in [0.15, 0.2) is 90.5 Å². The molecule has 5 rings (SSSR count). The first-order chi connectivity index (χ1) is 15.3. The SMILES string of the molecule is O=C(CSc1nnc(-c2cccnc2)n1-c1ccccc1)Cc1c[nH]c2ccccc12. The fourth-order valence-electron chi connectivity index (χ4n) is 3.54. The molecule has 0 unspecified atom stereocenters. The fourth-order valence-corrected chi connectivity index (χ4v) is 4.35. The molecule has 0 atom stereocenters. The predicted molar refractivity (Wildman–Crippen MR) is 122 cm³/mol. The number of ketones is 1. The lowest BCUT2D eigenvalue weighted by atomic mass is 10.1. The van der Waals surface area contributed by atoms with Gasteiger partial charge in [0.15, 0.2) is 11.0 Å². The Hall–Kier alpha value is -3.71. The number of fused-ring (bicyclic) bond motifs is 1. The number of hydrogen-bond acceptors (Lipinski definition) is 5. The number of para-hydroxylation sites is 2. The Morgan fingerprint density at radius 1 is 0.968 bits per heavy atom. The number of H-pyrrole nitrogens is 1. The smallest absolute Gasteiger partial charge is 0.196 e. The Kier molecular flexibility index (Phi) is 5.33. The predicted octanol–water partition coefficient (Wildman–Crippen LogP) is 4.71. The highest BCUT2D eigenvalue weighted by atomic mass is 32.2. The summed E-state index contributed by atoms with van der Waals surface area (Å²) in [7, 11) is 0. The highest BCUT2D eigenvalue weighted by molar-refractivity contribution is 7.99. The van der Waals surface area contributed by atoms with Gasteiger partial charge >= 0.3 is 0 Å². The molecule has 3 aromatic heterocycles. The molecular formula is C24H19N5OS. The number of rotatable bonds is 7. The number of aromatic amines is 1. The third kappa shape index (κ3) is 4.00. The largest absolute Gasteiger partial charge is 0.361 e. The monoisotopic (exact) mass is 425 g/mol. The summed E-state index contributed by atoms with van der Waals surface area (Å²) in [5.74, 6) is 1.16. The molecule has 0 amide bonds. The van der Waals surface area contributed by atoms with E-state index in [4.69, 9.17) is 0 Å². The third-order valence-corrected chi connectivity index (χ3v) is 5.98. The molecule has 0 aliphatic rings. The van der Waals surface area contributed by atoms with Gasteiger partial charge in [-0.05, 0) is 35.9 Å². The third-order valence-electron chi connectivity index (χ3n) is 4.99. The summed E-state index contributed by atoms with van der Waals surface area (Å²) in [6.45, 7) is 0. The van der Waals surface area contributed by atoms with Gasteiger partial charge in [0.25, 0.3) is 0 Å². The summed E-state index contributed by atoms with van der Waals surface area (Å²) in [6, 6.07) is 21.8. The second kappa shape index (κ2) is 8.57. The van der Waals surface area contributed by atoms with Crippen molar-refractivity contribution in [1.82, 2.24) is 24.7 Å². The van der Waals surface area contributed by atoms with E-state index in [1.807, 2.05) is 77.5 Å². The van der Waals surface area contributed by atoms with E-state index in [1.54, 1.807) is 12.4 Å². The van der Waals surface area contributed by atoms with Crippen molar-refractivity contribution in [3.63, 3.8) is 0 Å². The van der Waals surface area contributed by atoms with Gasteiger partial charge in [0, 0.05) is 47.2 Å². The Morgan fingerprint density at radius 2 is 1.81 bits per heavy atom. The minimum atomic E-state index is 0.139. The van der Waals surface area contributed by atoms with Crippen molar-refractivity contribution in [3.05, 3.63) is 90.9 Å². The van der Waals surface area contributed by atoms with Gasteiger partial charge in [-0.15, -0.1) is 10.2 Å². The molecule has 0 aliphatic heterocycles. The standard InChI is InChI=1S/C24H19N5OS/c30-20(13-18-15-26-22-11-5-4-10-21(18)22)16-31-24-28-27-23(17-7-6-12-25-14-17)29(24)19-8-2-1-3-9-19/h1-12,14-15,26H,13,16H2. The van der Waals surface area contributed by atoms with E-state index < -0.39 is 0 Å². The summed E-state index contributed by atoms with van der Waals surface area (Å²) >= 11 is 1.40. The minimum Gasteiger partial charge on any atom is -0.361 e. The highest BCUT2D eigenvalue weighted by Crippen LogP contribution is 2.28. The second-order valence-corrected chi connectivity index (χ2v) is 8.02. The lowest BCUT2D eigenvalue weighted by Crippen LogP contribution is -2.07. The van der Waals surface area contributed by atoms with Crippen molar-refractivity contribution < 1.29 is 4.79 Å². The second-order valence-electron chi connectivity index (χ2n) is 7.08. The normalized spacial score (nSPS) is 11.1. The van der Waals surface area contributed by atoms with Crippen molar-refractivity contribution >= 4 is 28.4 Å². The van der Waals surface area contributed by atoms with Crippen LogP contribution in [0.2, 0.25) is 0 Å². The molecule has 0 spiro atoms. The molecule has 0 aliphatic carbocycles. The summed E-state index contributed by atoms with van der Waals surface area (Å²) in [6.07, 6.45) is 5.79. The number of aromatic nitrogens is 5. The summed E-state index contributed by atoms with van der Waals surface area (Å²) in [5, 5.41) is 10.5. The highest BCUT2D eigenvalue weighted by Gasteiger charge is 2.18. The number of thioether (sulfide) groups is 1. The molecule has 2 aromatic carbocycles. The Morgan fingerprint density at radius 3 is 2.65 bits per heavy atom. The number of pyridine rings is 1. The zero-order valence-corrected chi connectivity index (χ0v) is 17.4. The average Bonchev–Trinajstić information content (AvgIpc) is 3.43. The number of carbonyl (C=O) groups is 1. The van der Waals surface area contributed by atoms with Crippen LogP contribution < -0.4 is 0 Å². The van der Waals surface area contributed by atoms with Gasteiger partial charge in [-0.2, -0.15) is 0 Å². The molecular weight excluding hydrogens is 406 g/mol. The molecule has 0 fully saturated rings. The maximum absolute atomic E-state index is 12.7. The van der Waals surface area contributed by atoms with Gasteiger partial charge in [-0.1, -0.05) is 48.2 Å². The lowest BCUT2D eigenvalue weighted by Gasteiger charge is -2.10. The van der Waals surface area contributed by atoms with Crippen molar-refractivity contribution in [2.24, 2.45) is 0 Å². The van der Waals surface area contributed by atoms with Crippen molar-refractivity contribution in [2.45, 2.75) is 11.6 Å². The van der Waals surface area contributed by atoms with Crippen molar-refractivity contribution in [3.8, 4) is 17.1 Å². The van der Waals surface area contributed by atoms with Crippen LogP contribution in [0.1, 0.15) is 5.56 Å². The van der Waals surface area contributed by atoms with E-state index in [1.165, 1.54) is 11.8 Å². The van der Waals surface area contributed by atoms with E-state index in [-0.39, 0.29) is 5.78 Å². The average molecular weight is 426 g/mol. The number of benzene rings is 2. The van der Waals surface area contributed by atoms with Crippen LogP contribution in [0.4, 0.5) is 0 Å². The van der Waals surface area contributed by atoms with Crippen LogP contribution in [-0.2, 0) is 11.2 Å². The summed E-state index contributed by atoms with van der Waals surface area (Å²) in [4.78, 5) is 20.2. The first kappa shape index (κ1) is 19.3. The lowest BCUT2D eigenvalue weighted by molar-refractivity contribution is -0.115. The van der Waals surface area contributed by atoms with Gasteiger partial charge < -0.3 is 4.98 Å². The first-order valence-corrected chi connectivity index (χ1v) is 10.9. The Balaban J connectivity index is 1.39. The van der Waals surface area contributed by atoms with Crippen LogP contribution in [0, 0.1) is 0 Å². The number of nitrogens with zero attached hydrogens (tertiary/aromatic N) is 4. The fraction of sp³-hybridized carbons (Fsp3) is 0.0833. The van der Waals surface area contributed by atoms with Gasteiger partial charge in [0.05, 0.1) is 5.75 Å². The van der Waals surface area contributed by atoms with E-state index in [9.17, 15) is 4.79 Å².